The third kappa shape index (κ3) is 4.38. The Morgan fingerprint density at radius 3 is 2.04 bits per heavy atom. The van der Waals surface area contributed by atoms with Gasteiger partial charge in [0.15, 0.2) is 0 Å². The number of para-hydroxylation sites is 2. The number of hydrogen-bond acceptors (Lipinski definition) is 2. The Morgan fingerprint density at radius 1 is 0.482 bits per heavy atom. The van der Waals surface area contributed by atoms with Crippen LogP contribution in [-0.4, -0.2) is 4.40 Å². The van der Waals surface area contributed by atoms with Gasteiger partial charge in [-0.1, -0.05) is 147 Å². The molecule has 0 radical (unpaired) electrons. The third-order valence-corrected chi connectivity index (χ3v) is 13.5. The standard InChI is InChI=1S/C53H36N2S/c1-53(2)45-22-8-6-17-39(45)41-19-12-24-47(50(41)53)54(38-16-10-15-35(31-38)33-13-4-3-5-14-33)37-28-25-34(26-29-37)36-27-30-48-44(32-36)49-43-21-11-20-42-40-18-7-9-23-46(40)55(51(42)43)52(49)56-48/h3-32H,1-2H3. The molecule has 0 bridgehead atoms. The zero-order valence-electron chi connectivity index (χ0n) is 31.1. The average Bonchev–Trinajstić information content (AvgIpc) is 3.96. The molecule has 0 saturated heterocycles. The number of aromatic nitrogens is 1. The molecule has 56 heavy (non-hydrogen) atoms. The summed E-state index contributed by atoms with van der Waals surface area (Å²) in [7, 11) is 0. The molecular formula is C53H36N2S. The lowest BCUT2D eigenvalue weighted by molar-refractivity contribution is 0.661. The Morgan fingerprint density at radius 2 is 1.14 bits per heavy atom. The Balaban J connectivity index is 1.01. The number of anilines is 3. The van der Waals surface area contributed by atoms with E-state index in [0.29, 0.717) is 0 Å². The fourth-order valence-corrected chi connectivity index (χ4v) is 11.0. The summed E-state index contributed by atoms with van der Waals surface area (Å²) in [5.74, 6) is 0. The van der Waals surface area contributed by atoms with E-state index in [-0.39, 0.29) is 5.41 Å². The zero-order chi connectivity index (χ0) is 37.1. The maximum atomic E-state index is 2.50. The van der Waals surface area contributed by atoms with Crippen LogP contribution in [0.5, 0.6) is 0 Å². The van der Waals surface area contributed by atoms with Crippen molar-refractivity contribution >= 4 is 75.9 Å². The van der Waals surface area contributed by atoms with Gasteiger partial charge in [-0.25, -0.2) is 0 Å². The monoisotopic (exact) mass is 732 g/mol. The highest BCUT2D eigenvalue weighted by atomic mass is 32.1. The Bertz CT molecular complexity index is 3330. The number of thiophene rings is 1. The van der Waals surface area contributed by atoms with Gasteiger partial charge in [0.25, 0.3) is 0 Å². The maximum Gasteiger partial charge on any atom is 0.109 e. The van der Waals surface area contributed by atoms with Crippen molar-refractivity contribution in [1.82, 2.24) is 4.40 Å². The van der Waals surface area contributed by atoms with Crippen LogP contribution < -0.4 is 4.90 Å². The molecule has 0 saturated carbocycles. The molecule has 0 unspecified atom stereocenters. The summed E-state index contributed by atoms with van der Waals surface area (Å²) in [6, 6.07) is 67.3. The van der Waals surface area contributed by atoms with Gasteiger partial charge in [0.2, 0.25) is 0 Å². The molecule has 0 fully saturated rings. The summed E-state index contributed by atoms with van der Waals surface area (Å²) in [6.07, 6.45) is 0. The molecule has 0 aliphatic heterocycles. The lowest BCUT2D eigenvalue weighted by Crippen LogP contribution is -2.20. The molecule has 3 heterocycles. The highest BCUT2D eigenvalue weighted by Crippen LogP contribution is 2.54. The molecule has 2 nitrogen and oxygen atoms in total. The van der Waals surface area contributed by atoms with Gasteiger partial charge < -0.3 is 4.90 Å². The van der Waals surface area contributed by atoms with Crippen LogP contribution in [0.1, 0.15) is 25.0 Å². The van der Waals surface area contributed by atoms with Crippen LogP contribution in [0, 0.1) is 0 Å². The SMILES string of the molecule is CC1(C)c2ccccc2-c2cccc(N(c3ccc(-c4ccc5sc6c(c5c4)c4cccc5c7ccccc7n6c54)cc3)c3cccc(-c4ccccc4)c3)c21. The van der Waals surface area contributed by atoms with Crippen molar-refractivity contribution in [1.29, 1.82) is 0 Å². The molecular weight excluding hydrogens is 697 g/mol. The largest absolute Gasteiger partial charge is 0.310 e. The van der Waals surface area contributed by atoms with Crippen LogP contribution in [0.2, 0.25) is 0 Å². The molecule has 0 N–H and O–H groups in total. The average molecular weight is 733 g/mol. The normalized spacial score (nSPS) is 13.3. The van der Waals surface area contributed by atoms with Crippen LogP contribution in [0.4, 0.5) is 17.1 Å². The first-order valence-corrected chi connectivity index (χ1v) is 20.3. The van der Waals surface area contributed by atoms with Gasteiger partial charge in [0.05, 0.1) is 16.7 Å². The van der Waals surface area contributed by atoms with E-state index < -0.39 is 0 Å². The van der Waals surface area contributed by atoms with Crippen LogP contribution in [0.15, 0.2) is 182 Å². The van der Waals surface area contributed by atoms with E-state index in [9.17, 15) is 0 Å². The molecule has 0 spiro atoms. The van der Waals surface area contributed by atoms with Crippen LogP contribution in [-0.2, 0) is 5.41 Å². The van der Waals surface area contributed by atoms with Crippen molar-refractivity contribution in [2.45, 2.75) is 19.3 Å². The van der Waals surface area contributed by atoms with Gasteiger partial charge in [-0.05, 0) is 93.0 Å². The minimum Gasteiger partial charge on any atom is -0.310 e. The lowest BCUT2D eigenvalue weighted by Gasteiger charge is -2.32. The van der Waals surface area contributed by atoms with Gasteiger partial charge in [-0.2, -0.15) is 0 Å². The second kappa shape index (κ2) is 11.7. The van der Waals surface area contributed by atoms with Gasteiger partial charge in [-0.15, -0.1) is 11.3 Å². The fraction of sp³-hybridized carbons (Fsp3) is 0.0566. The molecule has 1 aliphatic rings. The van der Waals surface area contributed by atoms with Gasteiger partial charge in [0, 0.05) is 48.4 Å². The number of hydrogen-bond donors (Lipinski definition) is 0. The topological polar surface area (TPSA) is 7.65 Å². The molecule has 0 amide bonds. The molecule has 1 aliphatic carbocycles. The minimum atomic E-state index is -0.161. The summed E-state index contributed by atoms with van der Waals surface area (Å²) >= 11 is 1.90. The van der Waals surface area contributed by atoms with Crippen LogP contribution >= 0.6 is 11.3 Å². The van der Waals surface area contributed by atoms with Crippen molar-refractivity contribution in [3.8, 4) is 33.4 Å². The van der Waals surface area contributed by atoms with Crippen LogP contribution in [0.3, 0.4) is 0 Å². The van der Waals surface area contributed by atoms with E-state index in [1.165, 1.54) is 97.7 Å². The predicted octanol–water partition coefficient (Wildman–Crippen LogP) is 15.2. The lowest BCUT2D eigenvalue weighted by atomic mass is 9.81. The molecule has 8 aromatic carbocycles. The second-order valence-electron chi connectivity index (χ2n) is 15.7. The van der Waals surface area contributed by atoms with Gasteiger partial charge in [-0.3, -0.25) is 4.40 Å². The number of nitrogens with zero attached hydrogens (tertiary/aromatic N) is 2. The first-order chi connectivity index (χ1) is 27.5. The maximum absolute atomic E-state index is 2.50. The Kier molecular flexibility index (Phi) is 6.59. The van der Waals surface area contributed by atoms with Gasteiger partial charge in [0.1, 0.15) is 4.83 Å². The van der Waals surface area contributed by atoms with Crippen molar-refractivity contribution in [2.75, 3.05) is 4.90 Å². The highest BCUT2D eigenvalue weighted by molar-refractivity contribution is 7.25. The van der Waals surface area contributed by atoms with E-state index in [0.717, 1.165) is 11.4 Å². The molecule has 11 aromatic rings. The minimum absolute atomic E-state index is 0.161. The molecule has 264 valence electrons. The fourth-order valence-electron chi connectivity index (χ4n) is 9.80. The predicted molar refractivity (Wildman–Crippen MR) is 240 cm³/mol. The quantitative estimate of drug-likeness (QED) is 0.171. The Labute approximate surface area is 329 Å². The number of rotatable bonds is 5. The summed E-state index contributed by atoms with van der Waals surface area (Å²) in [5.41, 5.74) is 16.2. The third-order valence-electron chi connectivity index (χ3n) is 12.3. The van der Waals surface area contributed by atoms with Crippen molar-refractivity contribution < 1.29 is 0 Å². The smallest absolute Gasteiger partial charge is 0.109 e. The molecule has 0 atom stereocenters. The number of fused-ring (bicyclic) bond motifs is 11. The highest BCUT2D eigenvalue weighted by Gasteiger charge is 2.38. The molecule has 12 rings (SSSR count). The summed E-state index contributed by atoms with van der Waals surface area (Å²) in [4.78, 5) is 3.80. The summed E-state index contributed by atoms with van der Waals surface area (Å²) < 4.78 is 3.82. The number of benzene rings is 8. The van der Waals surface area contributed by atoms with Crippen molar-refractivity contribution in [3.63, 3.8) is 0 Å². The zero-order valence-corrected chi connectivity index (χ0v) is 31.9. The Hall–Kier alpha value is -6.68. The summed E-state index contributed by atoms with van der Waals surface area (Å²) in [6.45, 7) is 4.75. The van der Waals surface area contributed by atoms with E-state index in [1.54, 1.807) is 0 Å². The first kappa shape index (κ1) is 31.6. The van der Waals surface area contributed by atoms with Crippen molar-refractivity contribution in [3.05, 3.63) is 193 Å². The van der Waals surface area contributed by atoms with E-state index in [4.69, 9.17) is 0 Å². The molecule has 3 aromatic heterocycles. The summed E-state index contributed by atoms with van der Waals surface area (Å²) in [5, 5.41) is 6.68. The van der Waals surface area contributed by atoms with Crippen LogP contribution in [0.25, 0.3) is 80.9 Å². The van der Waals surface area contributed by atoms with Gasteiger partial charge >= 0.3 is 0 Å². The second-order valence-corrected chi connectivity index (χ2v) is 16.7. The van der Waals surface area contributed by atoms with E-state index >= 15 is 0 Å². The first-order valence-electron chi connectivity index (χ1n) is 19.4. The van der Waals surface area contributed by atoms with Crippen molar-refractivity contribution in [2.24, 2.45) is 0 Å². The van der Waals surface area contributed by atoms with E-state index in [1.807, 2.05) is 11.3 Å². The van der Waals surface area contributed by atoms with E-state index in [2.05, 4.69) is 205 Å². The molecule has 3 heteroatoms.